The van der Waals surface area contributed by atoms with Crippen LogP contribution in [0, 0.1) is 5.92 Å². The lowest BCUT2D eigenvalue weighted by atomic mass is 9.93. The number of piperidine rings is 2. The van der Waals surface area contributed by atoms with Crippen LogP contribution >= 0.6 is 0 Å². The fourth-order valence-corrected chi connectivity index (χ4v) is 3.95. The first kappa shape index (κ1) is 16.8. The lowest BCUT2D eigenvalue weighted by Crippen LogP contribution is -2.49. The lowest BCUT2D eigenvalue weighted by molar-refractivity contribution is -0.138. The second-order valence-electron chi connectivity index (χ2n) is 6.49. The van der Waals surface area contributed by atoms with Gasteiger partial charge in [-0.15, -0.1) is 0 Å². The molecule has 0 aromatic rings. The van der Waals surface area contributed by atoms with Gasteiger partial charge in [-0.3, -0.25) is 4.79 Å². The van der Waals surface area contributed by atoms with Crippen molar-refractivity contribution in [3.8, 4) is 0 Å². The van der Waals surface area contributed by atoms with Gasteiger partial charge in [0.2, 0.25) is 5.91 Å². The summed E-state index contributed by atoms with van der Waals surface area (Å²) in [4.78, 5) is 19.8. The number of hydrogen-bond donors (Lipinski definition) is 0. The van der Waals surface area contributed by atoms with Gasteiger partial charge in [-0.05, 0) is 58.4 Å². The smallest absolute Gasteiger partial charge is 0.225 e. The van der Waals surface area contributed by atoms with E-state index in [2.05, 4.69) is 35.5 Å². The molecule has 0 aliphatic carbocycles. The minimum Gasteiger partial charge on any atom is -0.342 e. The summed E-state index contributed by atoms with van der Waals surface area (Å²) >= 11 is 0. The molecule has 0 unspecified atom stereocenters. The zero-order chi connectivity index (χ0) is 15.2. The number of carbonyl (C=O) groups excluding carboxylic acids is 1. The van der Waals surface area contributed by atoms with Crippen LogP contribution in [0.25, 0.3) is 0 Å². The molecule has 0 radical (unpaired) electrons. The predicted molar refractivity (Wildman–Crippen MR) is 87.4 cm³/mol. The summed E-state index contributed by atoms with van der Waals surface area (Å²) < 4.78 is 0. The molecule has 2 rings (SSSR count). The van der Waals surface area contributed by atoms with Gasteiger partial charge in [-0.1, -0.05) is 20.8 Å². The number of hydrogen-bond acceptors (Lipinski definition) is 3. The molecule has 0 bridgehead atoms. The maximum absolute atomic E-state index is 12.7. The predicted octanol–water partition coefficient (Wildman–Crippen LogP) is 2.05. The summed E-state index contributed by atoms with van der Waals surface area (Å²) in [6.45, 7) is 14.2. The average molecular weight is 295 g/mol. The number of amides is 1. The van der Waals surface area contributed by atoms with Gasteiger partial charge in [0, 0.05) is 25.0 Å². The van der Waals surface area contributed by atoms with Crippen molar-refractivity contribution in [3.63, 3.8) is 0 Å². The Morgan fingerprint density at radius 3 is 2.00 bits per heavy atom. The molecular weight excluding hydrogens is 262 g/mol. The quantitative estimate of drug-likeness (QED) is 0.777. The van der Waals surface area contributed by atoms with Crippen LogP contribution in [-0.4, -0.2) is 72.5 Å². The van der Waals surface area contributed by atoms with E-state index in [9.17, 15) is 4.79 Å². The Kier molecular flexibility index (Phi) is 6.49. The number of carbonyl (C=O) groups is 1. The molecule has 2 aliphatic heterocycles. The third kappa shape index (κ3) is 4.19. The van der Waals surface area contributed by atoms with Crippen molar-refractivity contribution in [1.29, 1.82) is 0 Å². The van der Waals surface area contributed by atoms with Crippen molar-refractivity contribution in [2.45, 2.75) is 52.5 Å². The van der Waals surface area contributed by atoms with Gasteiger partial charge in [0.05, 0.1) is 0 Å². The normalized spacial score (nSPS) is 23.0. The third-order valence-corrected chi connectivity index (χ3v) is 5.49. The number of likely N-dealkylation sites (tertiary alicyclic amines) is 2. The summed E-state index contributed by atoms with van der Waals surface area (Å²) in [7, 11) is 0. The van der Waals surface area contributed by atoms with Crippen LogP contribution in [0.1, 0.15) is 46.5 Å². The fraction of sp³-hybridized carbons (Fsp3) is 0.941. The van der Waals surface area contributed by atoms with Crippen LogP contribution in [0.4, 0.5) is 0 Å². The van der Waals surface area contributed by atoms with E-state index >= 15 is 0 Å². The first-order valence-electron chi connectivity index (χ1n) is 8.94. The Bertz CT molecular complexity index is 314. The minimum absolute atomic E-state index is 0.290. The van der Waals surface area contributed by atoms with Gasteiger partial charge in [0.25, 0.3) is 0 Å². The van der Waals surface area contributed by atoms with Gasteiger partial charge in [-0.2, -0.15) is 0 Å². The molecule has 1 amide bonds. The van der Waals surface area contributed by atoms with Crippen molar-refractivity contribution in [2.75, 3.05) is 45.8 Å². The highest BCUT2D eigenvalue weighted by molar-refractivity contribution is 5.79. The van der Waals surface area contributed by atoms with Crippen LogP contribution in [0.15, 0.2) is 0 Å². The standard InChI is InChI=1S/C17H33N3O/c1-4-18-11-7-15(8-12-18)17(21)20-13-9-16(10-14-20)19(5-2)6-3/h15-16H,4-14H2,1-3H3. The van der Waals surface area contributed by atoms with Crippen LogP contribution in [0.3, 0.4) is 0 Å². The summed E-state index contributed by atoms with van der Waals surface area (Å²) in [5.74, 6) is 0.724. The second-order valence-corrected chi connectivity index (χ2v) is 6.49. The van der Waals surface area contributed by atoms with E-state index < -0.39 is 0 Å². The highest BCUT2D eigenvalue weighted by Crippen LogP contribution is 2.23. The van der Waals surface area contributed by atoms with E-state index in [1.807, 2.05) is 0 Å². The molecule has 4 heteroatoms. The van der Waals surface area contributed by atoms with Crippen molar-refractivity contribution >= 4 is 5.91 Å². The fourth-order valence-electron chi connectivity index (χ4n) is 3.95. The molecular formula is C17H33N3O. The van der Waals surface area contributed by atoms with Gasteiger partial charge in [-0.25, -0.2) is 0 Å². The topological polar surface area (TPSA) is 26.8 Å². The zero-order valence-corrected chi connectivity index (χ0v) is 14.2. The summed E-state index contributed by atoms with van der Waals surface area (Å²) in [6, 6.07) is 0.686. The zero-order valence-electron chi connectivity index (χ0n) is 14.2. The minimum atomic E-state index is 0.290. The molecule has 2 heterocycles. The monoisotopic (exact) mass is 295 g/mol. The van der Waals surface area contributed by atoms with Crippen LogP contribution in [0.5, 0.6) is 0 Å². The Morgan fingerprint density at radius 1 is 0.952 bits per heavy atom. The molecule has 2 aliphatic rings. The maximum atomic E-state index is 12.7. The van der Waals surface area contributed by atoms with E-state index in [0.29, 0.717) is 11.9 Å². The van der Waals surface area contributed by atoms with E-state index in [4.69, 9.17) is 0 Å². The SMILES string of the molecule is CCN1CCC(C(=O)N2CCC(N(CC)CC)CC2)CC1. The largest absolute Gasteiger partial charge is 0.342 e. The van der Waals surface area contributed by atoms with E-state index in [0.717, 1.165) is 71.5 Å². The Labute approximate surface area is 130 Å². The molecule has 21 heavy (non-hydrogen) atoms. The van der Waals surface area contributed by atoms with Crippen LogP contribution in [-0.2, 0) is 4.79 Å². The first-order valence-corrected chi connectivity index (χ1v) is 8.94. The van der Waals surface area contributed by atoms with Crippen molar-refractivity contribution in [2.24, 2.45) is 5.92 Å². The van der Waals surface area contributed by atoms with Gasteiger partial charge >= 0.3 is 0 Å². The van der Waals surface area contributed by atoms with Gasteiger partial charge < -0.3 is 14.7 Å². The van der Waals surface area contributed by atoms with E-state index in [-0.39, 0.29) is 5.92 Å². The summed E-state index contributed by atoms with van der Waals surface area (Å²) in [6.07, 6.45) is 4.42. The van der Waals surface area contributed by atoms with Gasteiger partial charge in [0.1, 0.15) is 0 Å². The van der Waals surface area contributed by atoms with Crippen LogP contribution < -0.4 is 0 Å². The first-order chi connectivity index (χ1) is 10.2. The van der Waals surface area contributed by atoms with Crippen molar-refractivity contribution in [1.82, 2.24) is 14.7 Å². The summed E-state index contributed by atoms with van der Waals surface area (Å²) in [5.41, 5.74) is 0. The molecule has 122 valence electrons. The molecule has 0 aromatic carbocycles. The molecule has 4 nitrogen and oxygen atoms in total. The van der Waals surface area contributed by atoms with Crippen molar-refractivity contribution in [3.05, 3.63) is 0 Å². The summed E-state index contributed by atoms with van der Waals surface area (Å²) in [5, 5.41) is 0. The third-order valence-electron chi connectivity index (χ3n) is 5.49. The number of rotatable bonds is 5. The molecule has 2 fully saturated rings. The Morgan fingerprint density at radius 2 is 1.52 bits per heavy atom. The molecule has 0 N–H and O–H groups in total. The Hall–Kier alpha value is -0.610. The maximum Gasteiger partial charge on any atom is 0.225 e. The molecule has 2 saturated heterocycles. The number of nitrogens with zero attached hydrogens (tertiary/aromatic N) is 3. The molecule has 0 saturated carbocycles. The highest BCUT2D eigenvalue weighted by Gasteiger charge is 2.31. The van der Waals surface area contributed by atoms with E-state index in [1.165, 1.54) is 0 Å². The van der Waals surface area contributed by atoms with Gasteiger partial charge in [0.15, 0.2) is 0 Å². The molecule has 0 spiro atoms. The molecule has 0 aromatic heterocycles. The van der Waals surface area contributed by atoms with Crippen molar-refractivity contribution < 1.29 is 4.79 Å². The molecule has 0 atom stereocenters. The van der Waals surface area contributed by atoms with E-state index in [1.54, 1.807) is 0 Å². The second kappa shape index (κ2) is 8.14. The van der Waals surface area contributed by atoms with Crippen LogP contribution in [0.2, 0.25) is 0 Å². The lowest BCUT2D eigenvalue weighted by Gasteiger charge is -2.40. The highest BCUT2D eigenvalue weighted by atomic mass is 16.2. The Balaban J connectivity index is 1.78. The average Bonchev–Trinajstić information content (AvgIpc) is 2.56.